The second-order valence-electron chi connectivity index (χ2n) is 8.42. The third kappa shape index (κ3) is 6.68. The highest BCUT2D eigenvalue weighted by atomic mass is 79.9. The van der Waals surface area contributed by atoms with Crippen LogP contribution in [-0.2, 0) is 13.0 Å². The molecule has 0 saturated carbocycles. The molecule has 198 valence electrons. The van der Waals surface area contributed by atoms with E-state index in [9.17, 15) is 4.79 Å². The minimum Gasteiger partial charge on any atom is -0.490 e. The number of benzene rings is 3. The zero-order valence-corrected chi connectivity index (χ0v) is 26.3. The summed E-state index contributed by atoms with van der Waals surface area (Å²) in [5, 5.41) is 5.75. The molecule has 1 aromatic heterocycles. The second kappa shape index (κ2) is 13.2. The molecule has 0 atom stereocenters. The summed E-state index contributed by atoms with van der Waals surface area (Å²) in [6.45, 7) is 4.80. The van der Waals surface area contributed by atoms with E-state index in [1.807, 2.05) is 49.4 Å². The molecule has 0 fully saturated rings. The van der Waals surface area contributed by atoms with Crippen molar-refractivity contribution in [3.63, 3.8) is 0 Å². The Kier molecular flexibility index (Phi) is 10.0. The Bertz CT molecular complexity index is 1540. The van der Waals surface area contributed by atoms with Gasteiger partial charge in [-0.25, -0.2) is 4.98 Å². The molecule has 0 aliphatic rings. The van der Waals surface area contributed by atoms with Crippen molar-refractivity contribution < 1.29 is 9.47 Å². The molecule has 0 aliphatic heterocycles. The topological polar surface area (TPSA) is 65.7 Å². The number of unbranched alkanes of at least 4 members (excludes halogenated alkanes) is 1. The Hall–Kier alpha value is -2.20. The summed E-state index contributed by atoms with van der Waals surface area (Å²) in [6.07, 6.45) is 4.14. The normalized spacial score (nSPS) is 11.4. The van der Waals surface area contributed by atoms with Gasteiger partial charge in [-0.2, -0.15) is 9.78 Å². The molecular weight excluding hydrogens is 701 g/mol. The van der Waals surface area contributed by atoms with Gasteiger partial charge in [0.1, 0.15) is 12.4 Å². The number of ether oxygens (including phenoxy) is 2. The summed E-state index contributed by atoms with van der Waals surface area (Å²) in [6, 6.07) is 14.8. The lowest BCUT2D eigenvalue weighted by molar-refractivity contribution is 0.267. The lowest BCUT2D eigenvalue weighted by Crippen LogP contribution is -2.22. The summed E-state index contributed by atoms with van der Waals surface area (Å²) in [7, 11) is 0. The predicted molar refractivity (Wildman–Crippen MR) is 164 cm³/mol. The van der Waals surface area contributed by atoms with Gasteiger partial charge in [-0.05, 0) is 87.2 Å². The molecule has 0 aliphatic carbocycles. The van der Waals surface area contributed by atoms with E-state index in [0.717, 1.165) is 27.4 Å². The van der Waals surface area contributed by atoms with Crippen molar-refractivity contribution in [3.05, 3.63) is 94.3 Å². The molecule has 0 saturated heterocycles. The summed E-state index contributed by atoms with van der Waals surface area (Å²) in [5.41, 5.74) is 2.11. The molecule has 0 spiro atoms. The fourth-order valence-electron chi connectivity index (χ4n) is 3.76. The van der Waals surface area contributed by atoms with Gasteiger partial charge < -0.3 is 9.47 Å². The average Bonchev–Trinajstić information content (AvgIpc) is 2.91. The van der Waals surface area contributed by atoms with Crippen molar-refractivity contribution in [2.75, 3.05) is 6.61 Å². The minimum atomic E-state index is -0.221. The van der Waals surface area contributed by atoms with Crippen molar-refractivity contribution in [1.29, 1.82) is 0 Å². The number of halogens is 4. The van der Waals surface area contributed by atoms with E-state index in [4.69, 9.17) is 26.1 Å². The maximum absolute atomic E-state index is 13.4. The molecule has 1 heterocycles. The van der Waals surface area contributed by atoms with Gasteiger partial charge in [0.05, 0.1) is 28.2 Å². The first kappa shape index (κ1) is 28.8. The first-order valence-electron chi connectivity index (χ1n) is 12.1. The van der Waals surface area contributed by atoms with Gasteiger partial charge in [-0.3, -0.25) is 4.79 Å². The van der Waals surface area contributed by atoms with Crippen LogP contribution in [0.3, 0.4) is 0 Å². The number of aryl methyl sites for hydroxylation is 1. The fourth-order valence-corrected chi connectivity index (χ4v) is 5.19. The highest BCUT2D eigenvalue weighted by Gasteiger charge is 2.18. The predicted octanol–water partition coefficient (Wildman–Crippen LogP) is 8.54. The Balaban J connectivity index is 1.73. The van der Waals surface area contributed by atoms with Crippen LogP contribution in [0.4, 0.5) is 0 Å². The van der Waals surface area contributed by atoms with Crippen LogP contribution in [0.5, 0.6) is 11.5 Å². The molecule has 3 aromatic carbocycles. The summed E-state index contributed by atoms with van der Waals surface area (Å²) < 4.78 is 15.6. The molecule has 0 unspecified atom stereocenters. The number of nitrogens with zero attached hydrogens (tertiary/aromatic N) is 3. The van der Waals surface area contributed by atoms with E-state index in [-0.39, 0.29) is 5.56 Å². The van der Waals surface area contributed by atoms with E-state index in [1.165, 1.54) is 4.68 Å². The van der Waals surface area contributed by atoms with E-state index < -0.39 is 0 Å². The molecule has 0 N–H and O–H groups in total. The number of aromatic nitrogens is 2. The van der Waals surface area contributed by atoms with Crippen molar-refractivity contribution in [3.8, 4) is 11.5 Å². The van der Waals surface area contributed by atoms with Crippen LogP contribution in [0, 0.1) is 0 Å². The number of hydrogen-bond donors (Lipinski definition) is 0. The number of rotatable bonds is 10. The zero-order valence-electron chi connectivity index (χ0n) is 20.8. The maximum atomic E-state index is 13.4. The highest BCUT2D eigenvalue weighted by molar-refractivity contribution is 9.13. The van der Waals surface area contributed by atoms with Crippen LogP contribution in [0.1, 0.15) is 43.6 Å². The Morgan fingerprint density at radius 1 is 1.03 bits per heavy atom. The molecule has 4 rings (SSSR count). The molecular formula is C28H25Br3ClN3O3. The molecule has 38 heavy (non-hydrogen) atoms. The van der Waals surface area contributed by atoms with Crippen molar-refractivity contribution in [1.82, 2.24) is 9.66 Å². The van der Waals surface area contributed by atoms with Gasteiger partial charge in [0, 0.05) is 26.0 Å². The van der Waals surface area contributed by atoms with Crippen LogP contribution in [-0.4, -0.2) is 22.5 Å². The first-order chi connectivity index (χ1) is 18.3. The van der Waals surface area contributed by atoms with Crippen LogP contribution in [0.2, 0.25) is 5.02 Å². The molecule has 10 heteroatoms. The average molecular weight is 727 g/mol. The van der Waals surface area contributed by atoms with E-state index >= 15 is 0 Å². The molecule has 0 bridgehead atoms. The zero-order chi connectivity index (χ0) is 27.2. The minimum absolute atomic E-state index is 0.221. The third-order valence-corrected chi connectivity index (χ3v) is 8.58. The van der Waals surface area contributed by atoms with Gasteiger partial charge >= 0.3 is 0 Å². The van der Waals surface area contributed by atoms with Crippen LogP contribution < -0.4 is 15.0 Å². The van der Waals surface area contributed by atoms with E-state index in [0.29, 0.717) is 62.9 Å². The quantitative estimate of drug-likeness (QED) is 0.154. The van der Waals surface area contributed by atoms with Crippen molar-refractivity contribution in [2.45, 2.75) is 39.7 Å². The molecule has 4 aromatic rings. The van der Waals surface area contributed by atoms with Gasteiger partial charge in [0.2, 0.25) is 0 Å². The van der Waals surface area contributed by atoms with Gasteiger partial charge in [-0.1, -0.05) is 53.0 Å². The molecule has 6 nitrogen and oxygen atoms in total. The number of fused-ring (bicyclic) bond motifs is 1. The summed E-state index contributed by atoms with van der Waals surface area (Å²) in [5.74, 6) is 1.73. The maximum Gasteiger partial charge on any atom is 0.282 e. The van der Waals surface area contributed by atoms with Gasteiger partial charge in [-0.15, -0.1) is 0 Å². The fraction of sp³-hybridized carbons (Fsp3) is 0.250. The summed E-state index contributed by atoms with van der Waals surface area (Å²) >= 11 is 16.7. The first-order valence-corrected chi connectivity index (χ1v) is 14.9. The standard InChI is InChI=1S/C28H25Br3ClN3O3/c1-3-5-6-24-34-22-12-9-19(29)14-21(22)28(36)35(24)33-15-18-13-23(37-4-2)27(26(31)25(18)30)38-16-17-7-10-20(32)11-8-17/h7-15H,3-6,16H2,1-2H3. The Morgan fingerprint density at radius 3 is 2.50 bits per heavy atom. The summed E-state index contributed by atoms with van der Waals surface area (Å²) in [4.78, 5) is 18.2. The van der Waals surface area contributed by atoms with E-state index in [2.05, 4.69) is 59.8 Å². The number of hydrogen-bond acceptors (Lipinski definition) is 5. The van der Waals surface area contributed by atoms with Crippen LogP contribution >= 0.6 is 59.4 Å². The molecule has 0 radical (unpaired) electrons. The smallest absolute Gasteiger partial charge is 0.282 e. The van der Waals surface area contributed by atoms with Crippen LogP contribution in [0.15, 0.2) is 71.8 Å². The van der Waals surface area contributed by atoms with E-state index in [1.54, 1.807) is 12.3 Å². The van der Waals surface area contributed by atoms with Gasteiger partial charge in [0.25, 0.3) is 5.56 Å². The lowest BCUT2D eigenvalue weighted by Gasteiger charge is -2.16. The lowest BCUT2D eigenvalue weighted by atomic mass is 10.2. The van der Waals surface area contributed by atoms with Gasteiger partial charge in [0.15, 0.2) is 11.5 Å². The van der Waals surface area contributed by atoms with Crippen molar-refractivity contribution in [2.24, 2.45) is 5.10 Å². The molecule has 0 amide bonds. The monoisotopic (exact) mass is 723 g/mol. The Labute approximate surface area is 251 Å². The highest BCUT2D eigenvalue weighted by Crippen LogP contribution is 2.43. The third-order valence-electron chi connectivity index (χ3n) is 5.69. The second-order valence-corrected chi connectivity index (χ2v) is 11.4. The largest absolute Gasteiger partial charge is 0.490 e. The Morgan fingerprint density at radius 2 is 1.79 bits per heavy atom. The van der Waals surface area contributed by atoms with Crippen molar-refractivity contribution >= 4 is 76.5 Å². The SMILES string of the molecule is CCCCc1nc2ccc(Br)cc2c(=O)n1N=Cc1cc(OCC)c(OCc2ccc(Cl)cc2)c(Br)c1Br. The van der Waals surface area contributed by atoms with Crippen LogP contribution in [0.25, 0.3) is 10.9 Å².